The lowest BCUT2D eigenvalue weighted by atomic mass is 9.98. The first-order valence-electron chi connectivity index (χ1n) is 29.3. The number of hydrogen-bond acceptors (Lipinski definition) is 11. The van der Waals surface area contributed by atoms with Crippen molar-refractivity contribution in [3.8, 4) is 0 Å². The van der Waals surface area contributed by atoms with E-state index in [9.17, 15) is 34.5 Å². The molecule has 1 aliphatic heterocycles. The summed E-state index contributed by atoms with van der Waals surface area (Å²) < 4.78 is 28.4. The zero-order chi connectivity index (χ0) is 53.3. The molecule has 3 N–H and O–H groups in total. The molecule has 1 aliphatic rings. The zero-order valence-electron chi connectivity index (χ0n) is 46.1. The Morgan fingerprint density at radius 2 is 0.863 bits per heavy atom. The van der Waals surface area contributed by atoms with Gasteiger partial charge in [0.05, 0.1) is 6.61 Å². The van der Waals surface area contributed by atoms with Gasteiger partial charge >= 0.3 is 23.9 Å². The molecule has 0 spiro atoms. The van der Waals surface area contributed by atoms with Gasteiger partial charge in [0.15, 0.2) is 24.6 Å². The third kappa shape index (κ3) is 39.5. The Hall–Kier alpha value is -3.58. The first kappa shape index (κ1) is 67.4. The number of aliphatic carboxylic acids is 1. The molecule has 1 fully saturated rings. The van der Waals surface area contributed by atoms with Gasteiger partial charge in [0.1, 0.15) is 18.8 Å². The minimum atomic E-state index is -1.91. The van der Waals surface area contributed by atoms with Crippen molar-refractivity contribution in [2.75, 3.05) is 13.2 Å². The summed E-state index contributed by atoms with van der Waals surface area (Å²) in [5.74, 6) is -3.15. The molecule has 0 saturated carbocycles. The van der Waals surface area contributed by atoms with Crippen LogP contribution in [0.3, 0.4) is 0 Å². The summed E-state index contributed by atoms with van der Waals surface area (Å²) in [6.45, 7) is 5.86. The van der Waals surface area contributed by atoms with Crippen LogP contribution in [0, 0.1) is 0 Å². The molecule has 12 heteroatoms. The summed E-state index contributed by atoms with van der Waals surface area (Å²) in [5, 5.41) is 31.4. The Bertz CT molecular complexity index is 1500. The van der Waals surface area contributed by atoms with E-state index in [1.807, 2.05) is 0 Å². The lowest BCUT2D eigenvalue weighted by molar-refractivity contribution is -0.301. The van der Waals surface area contributed by atoms with Gasteiger partial charge in [-0.1, -0.05) is 229 Å². The van der Waals surface area contributed by atoms with E-state index in [1.165, 1.54) is 103 Å². The van der Waals surface area contributed by atoms with E-state index in [0.29, 0.717) is 19.3 Å². The Labute approximate surface area is 443 Å². The molecule has 0 bridgehead atoms. The average molecular weight is 1030 g/mol. The molecule has 420 valence electrons. The molecule has 0 aromatic rings. The molecular formula is C61H104O12. The molecule has 0 aliphatic carbocycles. The van der Waals surface area contributed by atoms with Crippen molar-refractivity contribution in [1.82, 2.24) is 0 Å². The molecule has 6 unspecified atom stereocenters. The van der Waals surface area contributed by atoms with Crippen molar-refractivity contribution in [3.63, 3.8) is 0 Å². The summed E-state index contributed by atoms with van der Waals surface area (Å²) in [6.07, 6.45) is 47.6. The Balaban J connectivity index is 2.69. The predicted octanol–water partition coefficient (Wildman–Crippen LogP) is 14.8. The monoisotopic (exact) mass is 1030 g/mol. The lowest BCUT2D eigenvalue weighted by Crippen LogP contribution is -2.61. The fourth-order valence-electron chi connectivity index (χ4n) is 8.63. The Morgan fingerprint density at radius 1 is 0.466 bits per heavy atom. The van der Waals surface area contributed by atoms with Crippen molar-refractivity contribution in [2.45, 2.75) is 289 Å². The van der Waals surface area contributed by atoms with Crippen LogP contribution in [0.1, 0.15) is 252 Å². The number of aliphatic hydroxyl groups excluding tert-OH is 2. The summed E-state index contributed by atoms with van der Waals surface area (Å²) in [5.41, 5.74) is 0. The quantitative estimate of drug-likeness (QED) is 0.0228. The van der Waals surface area contributed by atoms with Gasteiger partial charge in [0, 0.05) is 19.3 Å². The summed E-state index contributed by atoms with van der Waals surface area (Å²) in [6, 6.07) is 0. The zero-order valence-corrected chi connectivity index (χ0v) is 46.1. The number of aliphatic hydroxyl groups is 2. The molecule has 73 heavy (non-hydrogen) atoms. The van der Waals surface area contributed by atoms with Crippen molar-refractivity contribution >= 4 is 23.9 Å². The fraction of sp³-hybridized carbons (Fsp3) is 0.770. The van der Waals surface area contributed by atoms with Crippen LogP contribution in [0.4, 0.5) is 0 Å². The molecular weight excluding hydrogens is 925 g/mol. The van der Waals surface area contributed by atoms with E-state index in [2.05, 4.69) is 81.5 Å². The highest BCUT2D eigenvalue weighted by molar-refractivity contribution is 5.74. The molecule has 1 rings (SSSR count). The lowest BCUT2D eigenvalue weighted by Gasteiger charge is -2.40. The second-order valence-electron chi connectivity index (χ2n) is 19.9. The normalized spacial score (nSPS) is 18.7. The maximum Gasteiger partial charge on any atom is 0.335 e. The molecule has 0 aromatic carbocycles. The SMILES string of the molecule is CC/C=C\C/C=C\C/C=C\C/C=C\C/C=C\CCCCCC(=O)OC1C(OCC(COC(=O)CCCCCCCCCCCCCCC)OC(=O)CCCCCCCCCCCCC)OC(C(=O)O)C(O)C1O. The summed E-state index contributed by atoms with van der Waals surface area (Å²) in [4.78, 5) is 51.0. The minimum absolute atomic E-state index is 0.0224. The maximum absolute atomic E-state index is 13.1. The van der Waals surface area contributed by atoms with Crippen LogP contribution in [0.25, 0.3) is 0 Å². The average Bonchev–Trinajstić information content (AvgIpc) is 3.37. The van der Waals surface area contributed by atoms with E-state index >= 15 is 0 Å². The number of esters is 3. The van der Waals surface area contributed by atoms with Crippen molar-refractivity contribution in [1.29, 1.82) is 0 Å². The second-order valence-corrected chi connectivity index (χ2v) is 19.9. The Kier molecular flexibility index (Phi) is 45.5. The number of hydrogen-bond donors (Lipinski definition) is 3. The van der Waals surface area contributed by atoms with Gasteiger partial charge in [0.2, 0.25) is 0 Å². The largest absolute Gasteiger partial charge is 0.479 e. The topological polar surface area (TPSA) is 175 Å². The number of rotatable bonds is 49. The third-order valence-electron chi connectivity index (χ3n) is 13.1. The predicted molar refractivity (Wildman–Crippen MR) is 294 cm³/mol. The maximum atomic E-state index is 13.1. The van der Waals surface area contributed by atoms with Gasteiger partial charge in [-0.05, 0) is 64.2 Å². The van der Waals surface area contributed by atoms with Crippen LogP contribution in [0.15, 0.2) is 60.8 Å². The number of ether oxygens (including phenoxy) is 5. The second kappa shape index (κ2) is 49.3. The van der Waals surface area contributed by atoms with Crippen LogP contribution in [-0.4, -0.2) is 89.2 Å². The van der Waals surface area contributed by atoms with Gasteiger partial charge < -0.3 is 39.0 Å². The third-order valence-corrected chi connectivity index (χ3v) is 13.1. The number of unbranched alkanes of at least 4 members (excludes halogenated alkanes) is 25. The molecule has 0 aromatic heterocycles. The number of carboxylic acids is 1. The van der Waals surface area contributed by atoms with Crippen molar-refractivity contribution in [2.24, 2.45) is 0 Å². The molecule has 6 atom stereocenters. The minimum Gasteiger partial charge on any atom is -0.479 e. The molecule has 0 radical (unpaired) electrons. The van der Waals surface area contributed by atoms with Crippen LogP contribution < -0.4 is 0 Å². The van der Waals surface area contributed by atoms with E-state index in [0.717, 1.165) is 89.9 Å². The molecule has 1 heterocycles. The van der Waals surface area contributed by atoms with Gasteiger partial charge in [-0.3, -0.25) is 14.4 Å². The van der Waals surface area contributed by atoms with E-state index in [1.54, 1.807) is 0 Å². The highest BCUT2D eigenvalue weighted by Gasteiger charge is 2.50. The van der Waals surface area contributed by atoms with Crippen LogP contribution in [0.5, 0.6) is 0 Å². The van der Waals surface area contributed by atoms with Gasteiger partial charge in [-0.15, -0.1) is 0 Å². The van der Waals surface area contributed by atoms with E-state index in [-0.39, 0.29) is 25.9 Å². The van der Waals surface area contributed by atoms with Gasteiger partial charge in [-0.2, -0.15) is 0 Å². The fourth-order valence-corrected chi connectivity index (χ4v) is 8.63. The first-order chi connectivity index (χ1) is 35.6. The van der Waals surface area contributed by atoms with Crippen molar-refractivity contribution < 1.29 is 58.2 Å². The summed E-state index contributed by atoms with van der Waals surface area (Å²) >= 11 is 0. The Morgan fingerprint density at radius 3 is 1.32 bits per heavy atom. The smallest absolute Gasteiger partial charge is 0.335 e. The van der Waals surface area contributed by atoms with Crippen LogP contribution >= 0.6 is 0 Å². The molecule has 0 amide bonds. The highest BCUT2D eigenvalue weighted by atomic mass is 16.7. The number of carboxylic acid groups (broad SMARTS) is 1. The molecule has 1 saturated heterocycles. The molecule has 12 nitrogen and oxygen atoms in total. The highest BCUT2D eigenvalue weighted by Crippen LogP contribution is 2.26. The van der Waals surface area contributed by atoms with Crippen LogP contribution in [0.2, 0.25) is 0 Å². The van der Waals surface area contributed by atoms with Crippen molar-refractivity contribution in [3.05, 3.63) is 60.8 Å². The number of allylic oxidation sites excluding steroid dienone is 10. The number of carbonyl (C=O) groups excluding carboxylic acids is 3. The van der Waals surface area contributed by atoms with Crippen LogP contribution in [-0.2, 0) is 42.9 Å². The summed E-state index contributed by atoms with van der Waals surface area (Å²) in [7, 11) is 0. The standard InChI is InChI=1S/C61H104O12/c1-4-7-10-13-16-19-22-24-25-26-27-28-29-31-34-37-40-43-46-49-55(64)72-59-57(66)56(65)58(60(67)68)73-61(59)70-51-52(71-54(63)48-45-42-39-36-32-21-18-15-12-9-6-3)50-69-53(62)47-44-41-38-35-33-30-23-20-17-14-11-8-5-2/h7,10,16,19,24-25,27-28,31,34,52,56-59,61,65-66H,4-6,8-9,11-15,17-18,20-23,26,29-30,32-33,35-51H2,1-3H3,(H,67,68)/b10-7-,19-16-,25-24-,28-27-,34-31-. The van der Waals surface area contributed by atoms with Gasteiger partial charge in [-0.25, -0.2) is 4.79 Å². The van der Waals surface area contributed by atoms with Gasteiger partial charge in [0.25, 0.3) is 0 Å². The van der Waals surface area contributed by atoms with E-state index in [4.69, 9.17) is 23.7 Å². The van der Waals surface area contributed by atoms with E-state index < -0.39 is 67.3 Å². The number of carbonyl (C=O) groups is 4. The first-order valence-corrected chi connectivity index (χ1v) is 29.3.